The smallest absolute Gasteiger partial charge is 0.126 e. The van der Waals surface area contributed by atoms with Crippen LogP contribution < -0.4 is 0 Å². The van der Waals surface area contributed by atoms with Gasteiger partial charge in [0, 0.05) is 11.1 Å². The topological polar surface area (TPSA) is 24.7 Å². The van der Waals surface area contributed by atoms with E-state index in [1.165, 1.54) is 0 Å². The second-order valence-electron chi connectivity index (χ2n) is 3.17. The highest BCUT2D eigenvalue weighted by Gasteiger charge is 2.21. The number of rotatable bonds is 0. The first-order chi connectivity index (χ1) is 6.84. The third kappa shape index (κ3) is 0.992. The molecule has 0 saturated carbocycles. The fraction of sp³-hybridized carbons (Fsp3) is 0. The molecule has 2 heterocycles. The summed E-state index contributed by atoms with van der Waals surface area (Å²) in [4.78, 5) is 9.12. The third-order valence-corrected chi connectivity index (χ3v) is 2.52. The molecule has 0 bridgehead atoms. The van der Waals surface area contributed by atoms with E-state index < -0.39 is 0 Å². The zero-order valence-corrected chi connectivity index (χ0v) is 8.08. The number of hydrogen-bond donors (Lipinski definition) is 0. The molecule has 0 radical (unpaired) electrons. The number of para-hydroxylation sites is 1. The van der Waals surface area contributed by atoms with Crippen LogP contribution in [0.4, 0.5) is 5.69 Å². The number of nitrogens with zero attached hydrogens (tertiary/aromatic N) is 2. The lowest BCUT2D eigenvalue weighted by atomic mass is 10.0. The standard InChI is InChI=1S/C11H6N2S/c14-11-5-8-7-3-1-2-4-9(7)13-10(8)6-12-11/h1-6H. The van der Waals surface area contributed by atoms with Crippen LogP contribution in [-0.4, -0.2) is 16.9 Å². The first kappa shape index (κ1) is 7.76. The zero-order chi connectivity index (χ0) is 9.54. The van der Waals surface area contributed by atoms with Crippen molar-refractivity contribution in [2.24, 2.45) is 9.98 Å². The molecule has 0 aromatic heterocycles. The molecule has 0 unspecified atom stereocenters. The van der Waals surface area contributed by atoms with Crippen LogP contribution in [0.2, 0.25) is 0 Å². The molecule has 2 aliphatic heterocycles. The predicted molar refractivity (Wildman–Crippen MR) is 62.6 cm³/mol. The van der Waals surface area contributed by atoms with Crippen molar-refractivity contribution in [3.05, 3.63) is 35.9 Å². The Balaban J connectivity index is 2.27. The summed E-state index contributed by atoms with van der Waals surface area (Å²) < 4.78 is 0. The van der Waals surface area contributed by atoms with Gasteiger partial charge in [-0.15, -0.1) is 0 Å². The molecule has 14 heavy (non-hydrogen) atoms. The van der Waals surface area contributed by atoms with Gasteiger partial charge in [0.05, 0.1) is 17.6 Å². The molecular weight excluding hydrogens is 192 g/mol. The Morgan fingerprint density at radius 1 is 1.14 bits per heavy atom. The Labute approximate surface area is 86.7 Å². The summed E-state index contributed by atoms with van der Waals surface area (Å²) in [5, 5.41) is 0. The van der Waals surface area contributed by atoms with Gasteiger partial charge in [-0.05, 0) is 12.1 Å². The van der Waals surface area contributed by atoms with Crippen molar-refractivity contribution >= 4 is 40.4 Å². The molecule has 3 heteroatoms. The van der Waals surface area contributed by atoms with Gasteiger partial charge in [-0.25, -0.2) is 9.98 Å². The molecule has 1 aromatic rings. The Bertz CT molecular complexity index is 524. The van der Waals surface area contributed by atoms with Crippen LogP contribution in [0.25, 0.3) is 5.57 Å². The highest BCUT2D eigenvalue weighted by molar-refractivity contribution is 7.80. The van der Waals surface area contributed by atoms with E-state index in [1.54, 1.807) is 6.21 Å². The number of allylic oxidation sites excluding steroid dienone is 1. The molecule has 0 N–H and O–H groups in total. The van der Waals surface area contributed by atoms with Gasteiger partial charge in [-0.3, -0.25) is 0 Å². The van der Waals surface area contributed by atoms with Crippen molar-refractivity contribution in [2.75, 3.05) is 0 Å². The minimum atomic E-state index is 0.621. The summed E-state index contributed by atoms with van der Waals surface area (Å²) in [5.74, 6) is 0. The van der Waals surface area contributed by atoms with Gasteiger partial charge in [0.15, 0.2) is 0 Å². The van der Waals surface area contributed by atoms with Gasteiger partial charge in [-0.1, -0.05) is 30.4 Å². The second-order valence-corrected chi connectivity index (χ2v) is 3.59. The maximum Gasteiger partial charge on any atom is 0.126 e. The first-order valence-electron chi connectivity index (χ1n) is 4.33. The largest absolute Gasteiger partial charge is 0.246 e. The third-order valence-electron chi connectivity index (χ3n) is 2.29. The van der Waals surface area contributed by atoms with Gasteiger partial charge < -0.3 is 0 Å². The van der Waals surface area contributed by atoms with Crippen molar-refractivity contribution in [3.63, 3.8) is 0 Å². The summed E-state index contributed by atoms with van der Waals surface area (Å²) in [7, 11) is 0. The summed E-state index contributed by atoms with van der Waals surface area (Å²) in [6.07, 6.45) is 3.64. The summed E-state index contributed by atoms with van der Waals surface area (Å²) >= 11 is 5.03. The second kappa shape index (κ2) is 2.69. The molecule has 0 aliphatic carbocycles. The van der Waals surface area contributed by atoms with Gasteiger partial charge in [0.2, 0.25) is 0 Å². The maximum atomic E-state index is 5.03. The number of hydrogen-bond acceptors (Lipinski definition) is 2. The SMILES string of the molecule is S=C1C=C2C(=Nc3ccccc32)C=N1. The quantitative estimate of drug-likeness (QED) is 0.588. The van der Waals surface area contributed by atoms with E-state index in [1.807, 2.05) is 24.3 Å². The number of benzene rings is 1. The van der Waals surface area contributed by atoms with Gasteiger partial charge in [0.1, 0.15) is 4.99 Å². The Morgan fingerprint density at radius 2 is 2.00 bits per heavy atom. The monoisotopic (exact) mass is 198 g/mol. The van der Waals surface area contributed by atoms with Gasteiger partial charge in [0.25, 0.3) is 0 Å². The molecule has 2 aliphatic rings. The van der Waals surface area contributed by atoms with Crippen molar-refractivity contribution in [1.82, 2.24) is 0 Å². The number of fused-ring (bicyclic) bond motifs is 3. The van der Waals surface area contributed by atoms with Crippen LogP contribution in [0.3, 0.4) is 0 Å². The van der Waals surface area contributed by atoms with E-state index in [-0.39, 0.29) is 0 Å². The molecule has 0 fully saturated rings. The Morgan fingerprint density at radius 3 is 2.93 bits per heavy atom. The van der Waals surface area contributed by atoms with Gasteiger partial charge >= 0.3 is 0 Å². The van der Waals surface area contributed by atoms with Crippen LogP contribution in [0.15, 0.2) is 40.3 Å². The van der Waals surface area contributed by atoms with Crippen LogP contribution in [-0.2, 0) is 0 Å². The molecular formula is C11H6N2S. The normalized spacial score (nSPS) is 17.3. The van der Waals surface area contributed by atoms with Crippen molar-refractivity contribution in [2.45, 2.75) is 0 Å². The highest BCUT2D eigenvalue weighted by Crippen LogP contribution is 2.34. The van der Waals surface area contributed by atoms with Crippen molar-refractivity contribution in [1.29, 1.82) is 0 Å². The van der Waals surface area contributed by atoms with Crippen LogP contribution in [0, 0.1) is 0 Å². The highest BCUT2D eigenvalue weighted by atomic mass is 32.1. The van der Waals surface area contributed by atoms with E-state index >= 15 is 0 Å². The van der Waals surface area contributed by atoms with Crippen LogP contribution in [0.5, 0.6) is 0 Å². The van der Waals surface area contributed by atoms with Crippen molar-refractivity contribution in [3.8, 4) is 0 Å². The van der Waals surface area contributed by atoms with Gasteiger partial charge in [-0.2, -0.15) is 0 Å². The Hall–Kier alpha value is -1.61. The molecule has 0 spiro atoms. The molecule has 0 amide bonds. The summed E-state index contributed by atoms with van der Waals surface area (Å²) in [6, 6.07) is 8.04. The van der Waals surface area contributed by atoms with E-state index in [4.69, 9.17) is 12.2 Å². The molecule has 0 saturated heterocycles. The minimum Gasteiger partial charge on any atom is -0.246 e. The number of aliphatic imine (C=N–C) groups is 2. The minimum absolute atomic E-state index is 0.621. The summed E-state index contributed by atoms with van der Waals surface area (Å²) in [5.41, 5.74) is 4.17. The van der Waals surface area contributed by atoms with E-state index in [0.717, 1.165) is 22.5 Å². The van der Waals surface area contributed by atoms with E-state index in [9.17, 15) is 0 Å². The van der Waals surface area contributed by atoms with Crippen LogP contribution in [0.1, 0.15) is 5.56 Å². The Kier molecular flexibility index (Phi) is 1.49. The zero-order valence-electron chi connectivity index (χ0n) is 7.27. The fourth-order valence-electron chi connectivity index (χ4n) is 1.66. The van der Waals surface area contributed by atoms with E-state index in [0.29, 0.717) is 4.99 Å². The first-order valence-corrected chi connectivity index (χ1v) is 4.73. The fourth-order valence-corrected chi connectivity index (χ4v) is 1.83. The lowest BCUT2D eigenvalue weighted by Gasteiger charge is -2.04. The van der Waals surface area contributed by atoms with Crippen molar-refractivity contribution < 1.29 is 0 Å². The van der Waals surface area contributed by atoms with E-state index in [2.05, 4.69) is 16.1 Å². The molecule has 1 aromatic carbocycles. The molecule has 3 rings (SSSR count). The average Bonchev–Trinajstić information content (AvgIpc) is 2.56. The average molecular weight is 198 g/mol. The lowest BCUT2D eigenvalue weighted by molar-refractivity contribution is 1.55. The summed E-state index contributed by atoms with van der Waals surface area (Å²) in [6.45, 7) is 0. The lowest BCUT2D eigenvalue weighted by Crippen LogP contribution is -2.06. The molecule has 2 nitrogen and oxygen atoms in total. The number of thiocarbonyl (C=S) groups is 1. The molecule has 0 atom stereocenters. The predicted octanol–water partition coefficient (Wildman–Crippen LogP) is 2.57. The maximum absolute atomic E-state index is 5.03. The van der Waals surface area contributed by atoms with Crippen LogP contribution >= 0.6 is 12.2 Å². The molecule has 66 valence electrons. The number of dihydropyridines is 1.